The zero-order valence-electron chi connectivity index (χ0n) is 13.8. The standard InChI is InChI=1S/C19H18BrNO4/c1-23-11-14-5-7-17(24-14)15-3-2-8-21(15)19(22)18-10-12-9-13(20)4-6-16(12)25-18/h4-7,9-10,15H,2-3,8,11H2,1H3/t15-/m1/s1. The molecule has 5 nitrogen and oxygen atoms in total. The lowest BCUT2D eigenvalue weighted by Crippen LogP contribution is -2.30. The van der Waals surface area contributed by atoms with Crippen LogP contribution in [0.15, 0.2) is 49.7 Å². The Balaban J connectivity index is 1.60. The quantitative estimate of drug-likeness (QED) is 0.620. The highest BCUT2D eigenvalue weighted by atomic mass is 79.9. The number of likely N-dealkylation sites (tertiary alicyclic amines) is 1. The highest BCUT2D eigenvalue weighted by Crippen LogP contribution is 2.35. The van der Waals surface area contributed by atoms with Gasteiger partial charge in [-0.1, -0.05) is 15.9 Å². The van der Waals surface area contributed by atoms with Gasteiger partial charge in [0.05, 0.1) is 6.04 Å². The van der Waals surface area contributed by atoms with E-state index in [-0.39, 0.29) is 11.9 Å². The Morgan fingerprint density at radius 2 is 2.16 bits per heavy atom. The third-order valence-electron chi connectivity index (χ3n) is 4.50. The molecule has 1 aliphatic heterocycles. The molecule has 1 atom stereocenters. The van der Waals surface area contributed by atoms with E-state index in [0.717, 1.165) is 34.2 Å². The van der Waals surface area contributed by atoms with Gasteiger partial charge in [0.1, 0.15) is 23.7 Å². The van der Waals surface area contributed by atoms with Crippen LogP contribution in [-0.2, 0) is 11.3 Å². The average molecular weight is 404 g/mol. The van der Waals surface area contributed by atoms with Crippen LogP contribution in [0, 0.1) is 0 Å². The number of rotatable bonds is 4. The van der Waals surface area contributed by atoms with Gasteiger partial charge in [-0.15, -0.1) is 0 Å². The number of furan rings is 2. The van der Waals surface area contributed by atoms with Gasteiger partial charge in [0.2, 0.25) is 0 Å². The predicted octanol–water partition coefficient (Wildman–Crippen LogP) is 4.91. The molecule has 0 saturated carbocycles. The minimum atomic E-state index is -0.0977. The molecule has 2 aromatic heterocycles. The van der Waals surface area contributed by atoms with Gasteiger partial charge in [0.15, 0.2) is 5.76 Å². The number of carbonyl (C=O) groups is 1. The normalized spacial score (nSPS) is 17.5. The second-order valence-electron chi connectivity index (χ2n) is 6.19. The van der Waals surface area contributed by atoms with Crippen molar-refractivity contribution in [2.24, 2.45) is 0 Å². The number of nitrogens with zero attached hydrogens (tertiary/aromatic N) is 1. The third kappa shape index (κ3) is 3.12. The lowest BCUT2D eigenvalue weighted by molar-refractivity contribution is 0.0686. The van der Waals surface area contributed by atoms with Crippen molar-refractivity contribution in [2.45, 2.75) is 25.5 Å². The van der Waals surface area contributed by atoms with E-state index < -0.39 is 0 Å². The summed E-state index contributed by atoms with van der Waals surface area (Å²) in [7, 11) is 1.63. The van der Waals surface area contributed by atoms with Crippen molar-refractivity contribution in [3.63, 3.8) is 0 Å². The zero-order valence-corrected chi connectivity index (χ0v) is 15.4. The van der Waals surface area contributed by atoms with Gasteiger partial charge >= 0.3 is 0 Å². The molecule has 0 radical (unpaired) electrons. The summed E-state index contributed by atoms with van der Waals surface area (Å²) in [6.45, 7) is 1.13. The maximum absolute atomic E-state index is 13.0. The number of halogens is 1. The zero-order chi connectivity index (χ0) is 17.4. The van der Waals surface area contributed by atoms with Gasteiger partial charge in [-0.3, -0.25) is 4.79 Å². The molecule has 1 fully saturated rings. The summed E-state index contributed by atoms with van der Waals surface area (Å²) >= 11 is 3.44. The Bertz CT molecular complexity index is 913. The van der Waals surface area contributed by atoms with Crippen molar-refractivity contribution in [1.29, 1.82) is 0 Å². The summed E-state index contributed by atoms with van der Waals surface area (Å²) in [6, 6.07) is 11.3. The molecule has 0 spiro atoms. The number of fused-ring (bicyclic) bond motifs is 1. The molecule has 4 rings (SSSR count). The van der Waals surface area contributed by atoms with Gasteiger partial charge in [-0.2, -0.15) is 0 Å². The molecule has 1 aromatic carbocycles. The van der Waals surface area contributed by atoms with Crippen LogP contribution in [0.5, 0.6) is 0 Å². The van der Waals surface area contributed by atoms with Gasteiger partial charge in [-0.05, 0) is 49.2 Å². The van der Waals surface area contributed by atoms with E-state index in [9.17, 15) is 4.79 Å². The molecular formula is C19H18BrNO4. The highest BCUT2D eigenvalue weighted by molar-refractivity contribution is 9.10. The van der Waals surface area contributed by atoms with Crippen molar-refractivity contribution in [1.82, 2.24) is 4.90 Å². The number of carbonyl (C=O) groups excluding carboxylic acids is 1. The molecule has 1 saturated heterocycles. The lowest BCUT2D eigenvalue weighted by atomic mass is 10.1. The van der Waals surface area contributed by atoms with Crippen LogP contribution in [0.1, 0.15) is 41.0 Å². The fourth-order valence-corrected chi connectivity index (χ4v) is 3.74. The molecule has 0 N–H and O–H groups in total. The monoisotopic (exact) mass is 403 g/mol. The molecule has 3 heterocycles. The molecular weight excluding hydrogens is 386 g/mol. The topological polar surface area (TPSA) is 55.8 Å². The molecule has 0 bridgehead atoms. The number of hydrogen-bond acceptors (Lipinski definition) is 4. The molecule has 3 aromatic rings. The number of hydrogen-bond donors (Lipinski definition) is 0. The molecule has 6 heteroatoms. The SMILES string of the molecule is COCc1ccc([C@H]2CCCN2C(=O)c2cc3cc(Br)ccc3o2)o1. The Morgan fingerprint density at radius 1 is 1.28 bits per heavy atom. The summed E-state index contributed by atoms with van der Waals surface area (Å²) in [5, 5.41) is 0.911. The van der Waals surface area contributed by atoms with Crippen LogP contribution in [0.4, 0.5) is 0 Å². The van der Waals surface area contributed by atoms with Crippen molar-refractivity contribution < 1.29 is 18.4 Å². The largest absolute Gasteiger partial charge is 0.461 e. The van der Waals surface area contributed by atoms with Crippen LogP contribution in [0.2, 0.25) is 0 Å². The van der Waals surface area contributed by atoms with Crippen molar-refractivity contribution >= 4 is 32.8 Å². The minimum Gasteiger partial charge on any atom is -0.461 e. The third-order valence-corrected chi connectivity index (χ3v) is 4.99. The number of amides is 1. The lowest BCUT2D eigenvalue weighted by Gasteiger charge is -2.22. The Hall–Kier alpha value is -2.05. The van der Waals surface area contributed by atoms with E-state index in [0.29, 0.717) is 24.5 Å². The van der Waals surface area contributed by atoms with Gasteiger partial charge in [0.25, 0.3) is 5.91 Å². The van der Waals surface area contributed by atoms with E-state index >= 15 is 0 Å². The van der Waals surface area contributed by atoms with Crippen LogP contribution in [0.25, 0.3) is 11.0 Å². The minimum absolute atomic E-state index is 0.0574. The maximum Gasteiger partial charge on any atom is 0.290 e. The first kappa shape index (κ1) is 16.4. The summed E-state index contributed by atoms with van der Waals surface area (Å²) in [5.74, 6) is 1.84. The second kappa shape index (κ2) is 6.69. The summed E-state index contributed by atoms with van der Waals surface area (Å²) in [5.41, 5.74) is 0.711. The smallest absolute Gasteiger partial charge is 0.290 e. The first-order valence-corrected chi connectivity index (χ1v) is 9.02. The Morgan fingerprint density at radius 3 is 3.00 bits per heavy atom. The van der Waals surface area contributed by atoms with Crippen molar-refractivity contribution in [3.8, 4) is 0 Å². The van der Waals surface area contributed by atoms with E-state index in [1.807, 2.05) is 35.2 Å². The van der Waals surface area contributed by atoms with Crippen LogP contribution in [0.3, 0.4) is 0 Å². The van der Waals surface area contributed by atoms with Gasteiger partial charge in [-0.25, -0.2) is 0 Å². The summed E-state index contributed by atoms with van der Waals surface area (Å²) in [6.07, 6.45) is 1.83. The Labute approximate surface area is 153 Å². The van der Waals surface area contributed by atoms with Crippen LogP contribution >= 0.6 is 15.9 Å². The van der Waals surface area contributed by atoms with Crippen LogP contribution < -0.4 is 0 Å². The summed E-state index contributed by atoms with van der Waals surface area (Å²) < 4.78 is 17.7. The van der Waals surface area contributed by atoms with Crippen LogP contribution in [-0.4, -0.2) is 24.5 Å². The first-order valence-electron chi connectivity index (χ1n) is 8.23. The molecule has 0 unspecified atom stereocenters. The molecule has 25 heavy (non-hydrogen) atoms. The predicted molar refractivity (Wildman–Crippen MR) is 96.3 cm³/mol. The summed E-state index contributed by atoms with van der Waals surface area (Å²) in [4.78, 5) is 14.8. The number of benzene rings is 1. The van der Waals surface area contributed by atoms with Crippen molar-refractivity contribution in [2.75, 3.05) is 13.7 Å². The van der Waals surface area contributed by atoms with E-state index in [1.165, 1.54) is 0 Å². The fraction of sp³-hybridized carbons (Fsp3) is 0.316. The molecule has 1 aliphatic rings. The first-order chi connectivity index (χ1) is 12.2. The van der Waals surface area contributed by atoms with E-state index in [4.69, 9.17) is 13.6 Å². The maximum atomic E-state index is 13.0. The molecule has 0 aliphatic carbocycles. The van der Waals surface area contributed by atoms with Gasteiger partial charge < -0.3 is 18.5 Å². The Kier molecular flexibility index (Phi) is 4.39. The second-order valence-corrected chi connectivity index (χ2v) is 7.10. The molecule has 1 amide bonds. The molecule has 130 valence electrons. The number of methoxy groups -OCH3 is 1. The van der Waals surface area contributed by atoms with Gasteiger partial charge in [0, 0.05) is 23.5 Å². The number of ether oxygens (including phenoxy) is 1. The van der Waals surface area contributed by atoms with Crippen molar-refractivity contribution in [3.05, 3.63) is 58.2 Å². The van der Waals surface area contributed by atoms with E-state index in [1.54, 1.807) is 13.2 Å². The van der Waals surface area contributed by atoms with E-state index in [2.05, 4.69) is 15.9 Å². The highest BCUT2D eigenvalue weighted by Gasteiger charge is 2.34. The average Bonchev–Trinajstić information content (AvgIpc) is 3.32. The fourth-order valence-electron chi connectivity index (χ4n) is 3.36.